The Morgan fingerprint density at radius 3 is 2.73 bits per heavy atom. The molecule has 3 N–H and O–H groups in total. The van der Waals surface area contributed by atoms with Crippen molar-refractivity contribution in [1.29, 1.82) is 0 Å². The molecule has 0 spiro atoms. The van der Waals surface area contributed by atoms with Gasteiger partial charge in [0.1, 0.15) is 5.82 Å². The molecule has 0 saturated heterocycles. The summed E-state index contributed by atoms with van der Waals surface area (Å²) in [5, 5.41) is 7.06. The van der Waals surface area contributed by atoms with Crippen molar-refractivity contribution in [2.75, 3.05) is 19.5 Å². The number of nitrogens with one attached hydrogen (secondary N) is 1. The summed E-state index contributed by atoms with van der Waals surface area (Å²) in [6.45, 7) is 4.99. The van der Waals surface area contributed by atoms with E-state index in [0.717, 1.165) is 30.5 Å². The standard InChI is InChI=1S/C11H21N3O/c1-4-6-8(7-15-3)10-9(5-2)13-14-11(10)12/h8H,4-7H2,1-3H3,(H3,12,13,14). The molecule has 4 heteroatoms. The average Bonchev–Trinajstić information content (AvgIpc) is 2.59. The summed E-state index contributed by atoms with van der Waals surface area (Å²) >= 11 is 0. The van der Waals surface area contributed by atoms with E-state index in [0.29, 0.717) is 18.3 Å². The summed E-state index contributed by atoms with van der Waals surface area (Å²) in [5.74, 6) is 0.996. The van der Waals surface area contributed by atoms with Gasteiger partial charge in [0.25, 0.3) is 0 Å². The van der Waals surface area contributed by atoms with Gasteiger partial charge in [-0.1, -0.05) is 20.3 Å². The molecule has 1 rings (SSSR count). The molecule has 0 aromatic carbocycles. The van der Waals surface area contributed by atoms with Crippen LogP contribution in [0.2, 0.25) is 0 Å². The Hall–Kier alpha value is -1.03. The zero-order chi connectivity index (χ0) is 11.3. The lowest BCUT2D eigenvalue weighted by Crippen LogP contribution is -2.09. The Balaban J connectivity index is 2.92. The molecule has 0 aliphatic carbocycles. The number of methoxy groups -OCH3 is 1. The van der Waals surface area contributed by atoms with Gasteiger partial charge in [0.15, 0.2) is 0 Å². The van der Waals surface area contributed by atoms with Crippen molar-refractivity contribution in [1.82, 2.24) is 10.2 Å². The number of H-pyrrole nitrogens is 1. The second-order valence-corrected chi connectivity index (χ2v) is 3.80. The molecule has 86 valence electrons. The van der Waals surface area contributed by atoms with Crippen LogP contribution in [-0.4, -0.2) is 23.9 Å². The molecular weight excluding hydrogens is 190 g/mol. The first-order valence-electron chi connectivity index (χ1n) is 5.56. The summed E-state index contributed by atoms with van der Waals surface area (Å²) in [7, 11) is 1.73. The lowest BCUT2D eigenvalue weighted by Gasteiger charge is -2.15. The number of rotatable bonds is 6. The number of ether oxygens (including phenoxy) is 1. The van der Waals surface area contributed by atoms with Gasteiger partial charge < -0.3 is 10.5 Å². The minimum absolute atomic E-state index is 0.369. The van der Waals surface area contributed by atoms with Crippen LogP contribution in [0.3, 0.4) is 0 Å². The zero-order valence-corrected chi connectivity index (χ0v) is 9.84. The fourth-order valence-electron chi connectivity index (χ4n) is 1.99. The van der Waals surface area contributed by atoms with Crippen molar-refractivity contribution in [3.63, 3.8) is 0 Å². The van der Waals surface area contributed by atoms with E-state index in [1.54, 1.807) is 7.11 Å². The van der Waals surface area contributed by atoms with Crippen LogP contribution in [0.25, 0.3) is 0 Å². The summed E-state index contributed by atoms with van der Waals surface area (Å²) < 4.78 is 5.24. The molecule has 1 heterocycles. The Morgan fingerprint density at radius 1 is 1.47 bits per heavy atom. The zero-order valence-electron chi connectivity index (χ0n) is 9.84. The summed E-state index contributed by atoms with van der Waals surface area (Å²) in [6.07, 6.45) is 3.15. The molecule has 0 bridgehead atoms. The number of aryl methyl sites for hydroxylation is 1. The van der Waals surface area contributed by atoms with Crippen LogP contribution in [0.4, 0.5) is 5.82 Å². The first-order valence-corrected chi connectivity index (χ1v) is 5.56. The summed E-state index contributed by atoms with van der Waals surface area (Å²) in [5.41, 5.74) is 8.18. The smallest absolute Gasteiger partial charge is 0.149 e. The number of anilines is 1. The van der Waals surface area contributed by atoms with Gasteiger partial charge in [-0.3, -0.25) is 5.10 Å². The molecule has 1 aromatic rings. The second-order valence-electron chi connectivity index (χ2n) is 3.80. The van der Waals surface area contributed by atoms with Crippen molar-refractivity contribution in [2.24, 2.45) is 0 Å². The van der Waals surface area contributed by atoms with Gasteiger partial charge in [-0.2, -0.15) is 5.10 Å². The number of nitrogen functional groups attached to an aromatic ring is 1. The van der Waals surface area contributed by atoms with E-state index >= 15 is 0 Å². The molecule has 1 aromatic heterocycles. The van der Waals surface area contributed by atoms with Crippen molar-refractivity contribution < 1.29 is 4.74 Å². The molecule has 4 nitrogen and oxygen atoms in total. The third-order valence-electron chi connectivity index (χ3n) is 2.68. The highest BCUT2D eigenvalue weighted by Crippen LogP contribution is 2.28. The minimum Gasteiger partial charge on any atom is -0.384 e. The minimum atomic E-state index is 0.369. The lowest BCUT2D eigenvalue weighted by atomic mass is 9.94. The van der Waals surface area contributed by atoms with Crippen molar-refractivity contribution in [3.05, 3.63) is 11.3 Å². The first-order chi connectivity index (χ1) is 7.24. The van der Waals surface area contributed by atoms with Crippen molar-refractivity contribution in [2.45, 2.75) is 39.0 Å². The predicted molar refractivity (Wildman–Crippen MR) is 61.9 cm³/mol. The van der Waals surface area contributed by atoms with Gasteiger partial charge in [0.05, 0.1) is 6.61 Å². The molecule has 1 atom stereocenters. The van der Waals surface area contributed by atoms with Crippen LogP contribution in [0.1, 0.15) is 43.9 Å². The van der Waals surface area contributed by atoms with E-state index in [1.165, 1.54) is 0 Å². The first kappa shape index (κ1) is 12.0. The molecule has 0 amide bonds. The highest BCUT2D eigenvalue weighted by molar-refractivity contribution is 5.44. The molecular formula is C11H21N3O. The number of hydrogen-bond acceptors (Lipinski definition) is 3. The normalized spacial score (nSPS) is 13.0. The maximum atomic E-state index is 5.88. The van der Waals surface area contributed by atoms with E-state index in [9.17, 15) is 0 Å². The van der Waals surface area contributed by atoms with Crippen LogP contribution in [0.15, 0.2) is 0 Å². The third-order valence-corrected chi connectivity index (χ3v) is 2.68. The van der Waals surface area contributed by atoms with Gasteiger partial charge >= 0.3 is 0 Å². The number of nitrogens with zero attached hydrogens (tertiary/aromatic N) is 1. The monoisotopic (exact) mass is 211 g/mol. The maximum Gasteiger partial charge on any atom is 0.149 e. The van der Waals surface area contributed by atoms with E-state index in [4.69, 9.17) is 10.5 Å². The van der Waals surface area contributed by atoms with Crippen LogP contribution in [0, 0.1) is 0 Å². The molecule has 0 radical (unpaired) electrons. The van der Waals surface area contributed by atoms with Crippen LogP contribution < -0.4 is 5.73 Å². The third kappa shape index (κ3) is 2.72. The van der Waals surface area contributed by atoms with Crippen LogP contribution in [-0.2, 0) is 11.2 Å². The number of aromatic amines is 1. The van der Waals surface area contributed by atoms with Gasteiger partial charge in [-0.25, -0.2) is 0 Å². The molecule has 0 fully saturated rings. The molecule has 0 aliphatic heterocycles. The van der Waals surface area contributed by atoms with Gasteiger partial charge in [-0.05, 0) is 12.8 Å². The van der Waals surface area contributed by atoms with Gasteiger partial charge in [-0.15, -0.1) is 0 Å². The second kappa shape index (κ2) is 5.75. The summed E-state index contributed by atoms with van der Waals surface area (Å²) in [4.78, 5) is 0. The molecule has 0 aliphatic rings. The van der Waals surface area contributed by atoms with E-state index in [2.05, 4.69) is 24.0 Å². The van der Waals surface area contributed by atoms with E-state index in [1.807, 2.05) is 0 Å². The Bertz CT molecular complexity index is 290. The predicted octanol–water partition coefficient (Wildman–Crippen LogP) is 2.08. The number of hydrogen-bond donors (Lipinski definition) is 2. The van der Waals surface area contributed by atoms with Gasteiger partial charge in [0, 0.05) is 24.3 Å². The lowest BCUT2D eigenvalue weighted by molar-refractivity contribution is 0.175. The Morgan fingerprint density at radius 2 is 2.20 bits per heavy atom. The Kier molecular flexibility index (Phi) is 4.62. The number of nitrogens with two attached hydrogens (primary N) is 1. The number of aromatic nitrogens is 2. The highest BCUT2D eigenvalue weighted by atomic mass is 16.5. The van der Waals surface area contributed by atoms with Gasteiger partial charge in [0.2, 0.25) is 0 Å². The maximum absolute atomic E-state index is 5.88. The quantitative estimate of drug-likeness (QED) is 0.757. The van der Waals surface area contributed by atoms with Crippen molar-refractivity contribution >= 4 is 5.82 Å². The fourth-order valence-corrected chi connectivity index (χ4v) is 1.99. The highest BCUT2D eigenvalue weighted by Gasteiger charge is 2.19. The molecule has 1 unspecified atom stereocenters. The van der Waals surface area contributed by atoms with Crippen LogP contribution in [0.5, 0.6) is 0 Å². The van der Waals surface area contributed by atoms with Crippen molar-refractivity contribution in [3.8, 4) is 0 Å². The molecule has 15 heavy (non-hydrogen) atoms. The average molecular weight is 211 g/mol. The Labute approximate surface area is 91.2 Å². The van der Waals surface area contributed by atoms with Crippen LogP contribution >= 0.6 is 0 Å². The van der Waals surface area contributed by atoms with E-state index < -0.39 is 0 Å². The molecule has 0 saturated carbocycles. The fraction of sp³-hybridized carbons (Fsp3) is 0.727. The summed E-state index contributed by atoms with van der Waals surface area (Å²) in [6, 6.07) is 0. The SMILES string of the molecule is CCCC(COC)c1c(N)n[nH]c1CC. The largest absolute Gasteiger partial charge is 0.384 e. The topological polar surface area (TPSA) is 63.9 Å². The van der Waals surface area contributed by atoms with E-state index in [-0.39, 0.29) is 0 Å².